The van der Waals surface area contributed by atoms with Crippen LogP contribution in [0.4, 0.5) is 0 Å². The Labute approximate surface area is 171 Å². The molecule has 3 aromatic rings. The van der Waals surface area contributed by atoms with Crippen molar-refractivity contribution in [3.8, 4) is 17.0 Å². The molecule has 150 valence electrons. The molecule has 0 bridgehead atoms. The Balaban J connectivity index is 1.34. The Morgan fingerprint density at radius 1 is 1.14 bits per heavy atom. The van der Waals surface area contributed by atoms with E-state index in [0.29, 0.717) is 24.3 Å². The first-order valence-electron chi connectivity index (χ1n) is 10.5. The number of rotatable bonds is 5. The van der Waals surface area contributed by atoms with Crippen molar-refractivity contribution in [3.05, 3.63) is 52.5 Å². The molecule has 0 saturated heterocycles. The van der Waals surface area contributed by atoms with E-state index in [1.807, 2.05) is 31.8 Å². The quantitative estimate of drug-likeness (QED) is 0.663. The fourth-order valence-corrected chi connectivity index (χ4v) is 4.52. The molecular formula is C23H27N5O. The Kier molecular flexibility index (Phi) is 4.37. The fourth-order valence-electron chi connectivity index (χ4n) is 4.52. The molecule has 2 atom stereocenters. The number of aromatic nitrogens is 5. The average molecular weight is 390 g/mol. The van der Waals surface area contributed by atoms with Crippen LogP contribution >= 0.6 is 0 Å². The molecule has 0 spiro atoms. The molecule has 1 fully saturated rings. The Hall–Kier alpha value is -2.76. The molecule has 5 rings (SSSR count). The Bertz CT molecular complexity index is 1090. The average Bonchev–Trinajstić information content (AvgIpc) is 3.24. The highest BCUT2D eigenvalue weighted by Crippen LogP contribution is 2.47. The number of nitrogens with zero attached hydrogens (tertiary/aromatic N) is 5. The van der Waals surface area contributed by atoms with Crippen molar-refractivity contribution in [2.24, 2.45) is 13.0 Å². The van der Waals surface area contributed by atoms with E-state index < -0.39 is 0 Å². The minimum atomic E-state index is 0.501. The fraction of sp³-hybridized carbons (Fsp3) is 0.478. The lowest BCUT2D eigenvalue weighted by molar-refractivity contribution is 0.285. The Morgan fingerprint density at radius 3 is 2.79 bits per heavy atom. The third-order valence-electron chi connectivity index (χ3n) is 6.34. The first kappa shape index (κ1) is 18.3. The van der Waals surface area contributed by atoms with Crippen LogP contribution in [0.5, 0.6) is 5.88 Å². The van der Waals surface area contributed by atoms with Gasteiger partial charge >= 0.3 is 0 Å². The van der Waals surface area contributed by atoms with Crippen LogP contribution < -0.4 is 4.74 Å². The lowest BCUT2D eigenvalue weighted by Gasteiger charge is -2.11. The van der Waals surface area contributed by atoms with Gasteiger partial charge < -0.3 is 4.74 Å². The van der Waals surface area contributed by atoms with Gasteiger partial charge in [-0.05, 0) is 58.1 Å². The molecule has 2 aliphatic carbocycles. The van der Waals surface area contributed by atoms with Gasteiger partial charge in [0, 0.05) is 47.7 Å². The number of hydrogen-bond acceptors (Lipinski definition) is 5. The molecule has 0 aromatic carbocycles. The highest BCUT2D eigenvalue weighted by atomic mass is 16.5. The van der Waals surface area contributed by atoms with E-state index in [1.165, 1.54) is 29.8 Å². The number of pyridine rings is 1. The summed E-state index contributed by atoms with van der Waals surface area (Å²) in [6, 6.07) is 4.50. The predicted molar refractivity (Wildman–Crippen MR) is 111 cm³/mol. The van der Waals surface area contributed by atoms with Gasteiger partial charge in [0.15, 0.2) is 0 Å². The van der Waals surface area contributed by atoms with E-state index in [2.05, 4.69) is 34.1 Å². The SMILES string of the molecule is Cc1ncc(-c2c(C)nn(C)c2C)c(OC[C@H]2C[C@@H]2c2ccc3c(n2)CCC3)n1. The zero-order valence-corrected chi connectivity index (χ0v) is 17.6. The van der Waals surface area contributed by atoms with Crippen LogP contribution in [0.15, 0.2) is 18.3 Å². The molecule has 0 amide bonds. The molecule has 0 N–H and O–H groups in total. The first-order chi connectivity index (χ1) is 14.0. The van der Waals surface area contributed by atoms with E-state index in [0.717, 1.165) is 41.2 Å². The maximum Gasteiger partial charge on any atom is 0.224 e. The van der Waals surface area contributed by atoms with Crippen LogP contribution in [0.3, 0.4) is 0 Å². The van der Waals surface area contributed by atoms with Crippen LogP contribution in [0.1, 0.15) is 52.9 Å². The van der Waals surface area contributed by atoms with Crippen molar-refractivity contribution in [2.75, 3.05) is 6.61 Å². The van der Waals surface area contributed by atoms with Gasteiger partial charge in [0.1, 0.15) is 5.82 Å². The summed E-state index contributed by atoms with van der Waals surface area (Å²) in [6.45, 7) is 6.64. The number of aryl methyl sites for hydroxylation is 5. The molecule has 1 saturated carbocycles. The van der Waals surface area contributed by atoms with Gasteiger partial charge in [-0.3, -0.25) is 9.67 Å². The van der Waals surface area contributed by atoms with Gasteiger partial charge in [0.2, 0.25) is 5.88 Å². The molecule has 29 heavy (non-hydrogen) atoms. The zero-order valence-electron chi connectivity index (χ0n) is 17.6. The highest BCUT2D eigenvalue weighted by Gasteiger charge is 2.40. The third-order valence-corrected chi connectivity index (χ3v) is 6.34. The summed E-state index contributed by atoms with van der Waals surface area (Å²) in [6.07, 6.45) is 6.55. The van der Waals surface area contributed by atoms with Crippen molar-refractivity contribution >= 4 is 0 Å². The van der Waals surface area contributed by atoms with Crippen LogP contribution in [0, 0.1) is 26.7 Å². The summed E-state index contributed by atoms with van der Waals surface area (Å²) in [5.41, 5.74) is 8.02. The minimum Gasteiger partial charge on any atom is -0.477 e. The molecule has 3 heterocycles. The van der Waals surface area contributed by atoms with Crippen molar-refractivity contribution in [3.63, 3.8) is 0 Å². The van der Waals surface area contributed by atoms with Crippen molar-refractivity contribution in [1.29, 1.82) is 0 Å². The lowest BCUT2D eigenvalue weighted by Crippen LogP contribution is -2.06. The summed E-state index contributed by atoms with van der Waals surface area (Å²) in [7, 11) is 1.96. The molecule has 0 aliphatic heterocycles. The second-order valence-corrected chi connectivity index (χ2v) is 8.41. The van der Waals surface area contributed by atoms with Crippen molar-refractivity contribution in [1.82, 2.24) is 24.7 Å². The predicted octanol–water partition coefficient (Wildman–Crippen LogP) is 3.87. The van der Waals surface area contributed by atoms with Gasteiger partial charge in [0.25, 0.3) is 0 Å². The smallest absolute Gasteiger partial charge is 0.224 e. The molecule has 0 radical (unpaired) electrons. The number of hydrogen-bond donors (Lipinski definition) is 0. The van der Waals surface area contributed by atoms with E-state index in [1.54, 1.807) is 0 Å². The van der Waals surface area contributed by atoms with Crippen molar-refractivity contribution in [2.45, 2.75) is 52.4 Å². The van der Waals surface area contributed by atoms with E-state index >= 15 is 0 Å². The summed E-state index contributed by atoms with van der Waals surface area (Å²) in [5.74, 6) is 2.38. The van der Waals surface area contributed by atoms with Gasteiger partial charge in [-0.15, -0.1) is 0 Å². The van der Waals surface area contributed by atoms with Crippen LogP contribution in [-0.2, 0) is 19.9 Å². The number of fused-ring (bicyclic) bond motifs is 1. The third kappa shape index (κ3) is 3.30. The molecule has 2 aliphatic rings. The standard InChI is InChI=1S/C23H27N5O/c1-13-22(14(2)28(4)27-13)19-11-24-15(3)25-23(19)29-12-17-10-18(17)21-9-8-16-6-5-7-20(16)26-21/h8-9,11,17-18H,5-7,10,12H2,1-4H3/t17-,18+/m1/s1. The van der Waals surface area contributed by atoms with Crippen molar-refractivity contribution < 1.29 is 4.74 Å². The largest absolute Gasteiger partial charge is 0.477 e. The molecular weight excluding hydrogens is 362 g/mol. The van der Waals surface area contributed by atoms with Gasteiger partial charge in [-0.1, -0.05) is 6.07 Å². The maximum absolute atomic E-state index is 6.24. The molecule has 0 unspecified atom stereocenters. The summed E-state index contributed by atoms with van der Waals surface area (Å²) < 4.78 is 8.14. The molecule has 6 nitrogen and oxygen atoms in total. The zero-order chi connectivity index (χ0) is 20.1. The van der Waals surface area contributed by atoms with E-state index in [4.69, 9.17) is 9.72 Å². The van der Waals surface area contributed by atoms with E-state index in [9.17, 15) is 0 Å². The number of ether oxygens (including phenoxy) is 1. The van der Waals surface area contributed by atoms with Gasteiger partial charge in [0.05, 0.1) is 17.9 Å². The van der Waals surface area contributed by atoms with Crippen LogP contribution in [0.2, 0.25) is 0 Å². The second kappa shape index (κ2) is 6.94. The summed E-state index contributed by atoms with van der Waals surface area (Å²) >= 11 is 0. The lowest BCUT2D eigenvalue weighted by atomic mass is 10.1. The summed E-state index contributed by atoms with van der Waals surface area (Å²) in [4.78, 5) is 13.9. The maximum atomic E-state index is 6.24. The topological polar surface area (TPSA) is 65.7 Å². The van der Waals surface area contributed by atoms with Gasteiger partial charge in [-0.2, -0.15) is 10.1 Å². The van der Waals surface area contributed by atoms with Crippen LogP contribution in [0.25, 0.3) is 11.1 Å². The molecule has 6 heteroatoms. The molecule has 3 aromatic heterocycles. The highest BCUT2D eigenvalue weighted by molar-refractivity contribution is 5.72. The van der Waals surface area contributed by atoms with E-state index in [-0.39, 0.29) is 0 Å². The minimum absolute atomic E-state index is 0.501. The first-order valence-corrected chi connectivity index (χ1v) is 10.5. The Morgan fingerprint density at radius 2 is 2.00 bits per heavy atom. The monoisotopic (exact) mass is 389 g/mol. The van der Waals surface area contributed by atoms with Gasteiger partial charge in [-0.25, -0.2) is 4.98 Å². The summed E-state index contributed by atoms with van der Waals surface area (Å²) in [5, 5.41) is 4.54. The van der Waals surface area contributed by atoms with Crippen LogP contribution in [-0.4, -0.2) is 31.3 Å². The second-order valence-electron chi connectivity index (χ2n) is 8.41. The normalized spacial score (nSPS) is 20.0.